The third-order valence-corrected chi connectivity index (χ3v) is 4.02. The number of hydrogen-bond donors (Lipinski definition) is 1. The summed E-state index contributed by atoms with van der Waals surface area (Å²) in [5.41, 5.74) is 3.47. The third kappa shape index (κ3) is 2.34. The molecule has 1 N–H and O–H groups in total. The molecule has 0 unspecified atom stereocenters. The van der Waals surface area contributed by atoms with Gasteiger partial charge in [0, 0.05) is 11.1 Å². The van der Waals surface area contributed by atoms with Gasteiger partial charge in [-0.05, 0) is 23.3 Å². The molecule has 116 valence electrons. The van der Waals surface area contributed by atoms with Crippen LogP contribution in [0.5, 0.6) is 0 Å². The molecule has 0 fully saturated rings. The second-order valence-corrected chi connectivity index (χ2v) is 5.49. The highest BCUT2D eigenvalue weighted by Crippen LogP contribution is 2.30. The van der Waals surface area contributed by atoms with Crippen LogP contribution in [0.2, 0.25) is 0 Å². The van der Waals surface area contributed by atoms with Crippen molar-refractivity contribution in [3.05, 3.63) is 87.8 Å². The van der Waals surface area contributed by atoms with Gasteiger partial charge in [0.1, 0.15) is 0 Å². The smallest absolute Gasteiger partial charge is 0.338 e. The second kappa shape index (κ2) is 5.66. The number of nitrogens with one attached hydrogen (secondary N) is 1. The second-order valence-electron chi connectivity index (χ2n) is 5.49. The number of rotatable bonds is 2. The normalized spacial score (nSPS) is 14.8. The first-order chi connectivity index (χ1) is 11.7. The predicted molar refractivity (Wildman–Crippen MR) is 93.1 cm³/mol. The summed E-state index contributed by atoms with van der Waals surface area (Å²) in [5.74, 6) is -0.131. The molecule has 1 aliphatic carbocycles. The number of ketones is 1. The quantitative estimate of drug-likeness (QED) is 0.732. The molecule has 0 saturated heterocycles. The van der Waals surface area contributed by atoms with Crippen molar-refractivity contribution in [1.29, 1.82) is 0 Å². The topological polar surface area (TPSA) is 63.1 Å². The Hall–Kier alpha value is -3.40. The first-order valence-corrected chi connectivity index (χ1v) is 7.54. The Kier molecular flexibility index (Phi) is 3.35. The van der Waals surface area contributed by atoms with E-state index in [9.17, 15) is 9.59 Å². The van der Waals surface area contributed by atoms with Crippen molar-refractivity contribution in [3.8, 4) is 11.3 Å². The largest absolute Gasteiger partial charge is 0.365 e. The third-order valence-electron chi connectivity index (χ3n) is 4.02. The van der Waals surface area contributed by atoms with Gasteiger partial charge in [-0.3, -0.25) is 4.79 Å². The van der Waals surface area contributed by atoms with E-state index >= 15 is 0 Å². The molecule has 1 aliphatic rings. The molecule has 4 heteroatoms. The van der Waals surface area contributed by atoms with Gasteiger partial charge in [-0.2, -0.15) is 0 Å². The summed E-state index contributed by atoms with van der Waals surface area (Å²) < 4.78 is 4.96. The van der Waals surface area contributed by atoms with Crippen LogP contribution in [0.15, 0.2) is 70.0 Å². The lowest BCUT2D eigenvalue weighted by Gasteiger charge is -2.12. The van der Waals surface area contributed by atoms with Gasteiger partial charge < -0.3 is 4.52 Å². The Balaban J connectivity index is 1.91. The molecule has 0 amide bonds. The fraction of sp³-hybridized carbons (Fsp3) is 0. The Labute approximate surface area is 137 Å². The number of carbonyl (C=O) groups is 1. The van der Waals surface area contributed by atoms with E-state index in [1.54, 1.807) is 12.2 Å². The van der Waals surface area contributed by atoms with E-state index in [-0.39, 0.29) is 5.78 Å². The first-order valence-electron chi connectivity index (χ1n) is 7.54. The number of carbonyl (C=O) groups excluding carboxylic acids is 1. The van der Waals surface area contributed by atoms with Crippen molar-refractivity contribution < 1.29 is 9.32 Å². The van der Waals surface area contributed by atoms with Crippen LogP contribution in [0.1, 0.15) is 16.7 Å². The lowest BCUT2D eigenvalue weighted by molar-refractivity contribution is -0.109. The fourth-order valence-corrected chi connectivity index (χ4v) is 2.83. The van der Waals surface area contributed by atoms with Crippen molar-refractivity contribution in [2.24, 2.45) is 0 Å². The predicted octanol–water partition coefficient (Wildman–Crippen LogP) is 3.77. The summed E-state index contributed by atoms with van der Waals surface area (Å²) in [6.45, 7) is 0. The molecule has 0 spiro atoms. The molecule has 0 aliphatic heterocycles. The molecule has 1 aromatic heterocycles. The van der Waals surface area contributed by atoms with Gasteiger partial charge in [-0.25, -0.2) is 9.95 Å². The molecular weight excluding hydrogens is 302 g/mol. The summed E-state index contributed by atoms with van der Waals surface area (Å²) >= 11 is 0. The zero-order valence-corrected chi connectivity index (χ0v) is 12.7. The SMILES string of the molecule is O=C1C=Cc2ccccc2/C1=C/c1c(-c2ccccc2)[nH]oc1=O. The van der Waals surface area contributed by atoms with Crippen LogP contribution in [0, 0.1) is 0 Å². The average molecular weight is 315 g/mol. The van der Waals surface area contributed by atoms with Crippen LogP contribution in [-0.4, -0.2) is 10.9 Å². The number of hydrogen-bond acceptors (Lipinski definition) is 3. The number of aromatic amines is 1. The van der Waals surface area contributed by atoms with Crippen LogP contribution in [0.3, 0.4) is 0 Å². The number of aromatic nitrogens is 1. The standard InChI is InChI=1S/C20H13NO3/c22-18-11-10-13-6-4-5-9-15(13)16(18)12-17-19(21-24-20(17)23)14-7-2-1-3-8-14/h1-12,21H/b16-12-. The molecule has 0 atom stereocenters. The molecule has 4 nitrogen and oxygen atoms in total. The van der Waals surface area contributed by atoms with Crippen molar-refractivity contribution in [3.63, 3.8) is 0 Å². The molecule has 24 heavy (non-hydrogen) atoms. The highest BCUT2D eigenvalue weighted by atomic mass is 16.5. The number of allylic oxidation sites excluding steroid dienone is 2. The summed E-state index contributed by atoms with van der Waals surface area (Å²) in [4.78, 5) is 24.5. The zero-order valence-electron chi connectivity index (χ0n) is 12.7. The summed E-state index contributed by atoms with van der Waals surface area (Å²) in [6, 6.07) is 17.0. The minimum Gasteiger partial charge on any atom is -0.338 e. The van der Waals surface area contributed by atoms with Gasteiger partial charge >= 0.3 is 5.63 Å². The molecule has 4 rings (SSSR count). The monoisotopic (exact) mass is 315 g/mol. The van der Waals surface area contributed by atoms with Gasteiger partial charge in [0.2, 0.25) is 0 Å². The molecule has 3 aromatic rings. The number of benzene rings is 2. The van der Waals surface area contributed by atoms with E-state index in [1.807, 2.05) is 54.6 Å². The summed E-state index contributed by atoms with van der Waals surface area (Å²) in [7, 11) is 0. The van der Waals surface area contributed by atoms with E-state index < -0.39 is 5.63 Å². The Morgan fingerprint density at radius 3 is 2.46 bits per heavy atom. The Bertz CT molecular complexity index is 1040. The lowest BCUT2D eigenvalue weighted by Crippen LogP contribution is -2.06. The van der Waals surface area contributed by atoms with Gasteiger partial charge in [-0.1, -0.05) is 60.7 Å². The maximum absolute atomic E-state index is 12.3. The van der Waals surface area contributed by atoms with Gasteiger partial charge in [0.15, 0.2) is 5.78 Å². The molecular formula is C20H13NO3. The minimum absolute atomic E-state index is 0.131. The minimum atomic E-state index is -0.499. The van der Waals surface area contributed by atoms with Crippen molar-refractivity contribution >= 4 is 23.5 Å². The van der Waals surface area contributed by atoms with Crippen LogP contribution < -0.4 is 5.63 Å². The summed E-state index contributed by atoms with van der Waals surface area (Å²) in [5, 5.41) is 2.66. The van der Waals surface area contributed by atoms with E-state index in [0.717, 1.165) is 16.7 Å². The fourth-order valence-electron chi connectivity index (χ4n) is 2.83. The van der Waals surface area contributed by atoms with Crippen molar-refractivity contribution in [1.82, 2.24) is 5.16 Å². The van der Waals surface area contributed by atoms with Crippen LogP contribution in [0.25, 0.3) is 29.0 Å². The Morgan fingerprint density at radius 2 is 1.62 bits per heavy atom. The maximum atomic E-state index is 12.3. The lowest BCUT2D eigenvalue weighted by atomic mass is 9.90. The zero-order chi connectivity index (χ0) is 16.5. The van der Waals surface area contributed by atoms with Gasteiger partial charge in [0.25, 0.3) is 0 Å². The van der Waals surface area contributed by atoms with E-state index in [1.165, 1.54) is 6.08 Å². The summed E-state index contributed by atoms with van der Waals surface area (Å²) in [6.07, 6.45) is 4.91. The van der Waals surface area contributed by atoms with Crippen molar-refractivity contribution in [2.45, 2.75) is 0 Å². The van der Waals surface area contributed by atoms with Gasteiger partial charge in [0.05, 0.1) is 11.3 Å². The maximum Gasteiger partial charge on any atom is 0.365 e. The Morgan fingerprint density at radius 1 is 0.875 bits per heavy atom. The molecule has 0 radical (unpaired) electrons. The molecule has 2 aromatic carbocycles. The molecule has 0 saturated carbocycles. The number of H-pyrrole nitrogens is 1. The molecule has 1 heterocycles. The van der Waals surface area contributed by atoms with E-state index in [2.05, 4.69) is 5.16 Å². The van der Waals surface area contributed by atoms with Gasteiger partial charge in [-0.15, -0.1) is 0 Å². The van der Waals surface area contributed by atoms with Crippen LogP contribution in [0.4, 0.5) is 0 Å². The van der Waals surface area contributed by atoms with Crippen LogP contribution >= 0.6 is 0 Å². The average Bonchev–Trinajstić information content (AvgIpc) is 2.99. The highest BCUT2D eigenvalue weighted by molar-refractivity contribution is 6.33. The first kappa shape index (κ1) is 14.2. The number of fused-ring (bicyclic) bond motifs is 1. The van der Waals surface area contributed by atoms with E-state index in [0.29, 0.717) is 16.8 Å². The highest BCUT2D eigenvalue weighted by Gasteiger charge is 2.20. The molecule has 0 bridgehead atoms. The van der Waals surface area contributed by atoms with Crippen LogP contribution in [-0.2, 0) is 4.79 Å². The van der Waals surface area contributed by atoms with E-state index in [4.69, 9.17) is 4.52 Å². The van der Waals surface area contributed by atoms with Crippen molar-refractivity contribution in [2.75, 3.05) is 0 Å².